The van der Waals surface area contributed by atoms with Gasteiger partial charge in [0.1, 0.15) is 5.54 Å². The van der Waals surface area contributed by atoms with Crippen molar-refractivity contribution in [3.8, 4) is 0 Å². The number of hydrogen-bond acceptors (Lipinski definition) is 5. The second-order valence-corrected chi connectivity index (χ2v) is 5.70. The highest BCUT2D eigenvalue weighted by atomic mass is 79.9. The number of nitrogens with two attached hydrogens (primary N) is 1. The molecule has 1 saturated heterocycles. The summed E-state index contributed by atoms with van der Waals surface area (Å²) in [5.41, 5.74) is 6.68. The molecule has 0 bridgehead atoms. The van der Waals surface area contributed by atoms with Crippen LogP contribution in [0.3, 0.4) is 0 Å². The van der Waals surface area contributed by atoms with Crippen molar-refractivity contribution in [1.82, 2.24) is 10.1 Å². The van der Waals surface area contributed by atoms with Crippen LogP contribution in [-0.2, 0) is 16.7 Å². The molecule has 0 radical (unpaired) electrons. The second-order valence-electron chi connectivity index (χ2n) is 4.78. The maximum Gasteiger partial charge on any atom is 0.249 e. The fourth-order valence-corrected chi connectivity index (χ4v) is 2.55. The molecule has 5 nitrogen and oxygen atoms in total. The Kier molecular flexibility index (Phi) is 3.38. The minimum absolute atomic E-state index is 0.436. The summed E-state index contributed by atoms with van der Waals surface area (Å²) >= 11 is 3.44. The average Bonchev–Trinajstić information content (AvgIpc) is 2.99. The maximum atomic E-state index is 6.18. The Morgan fingerprint density at radius 2 is 2.32 bits per heavy atom. The van der Waals surface area contributed by atoms with E-state index >= 15 is 0 Å². The number of benzene rings is 1. The average molecular weight is 324 g/mol. The van der Waals surface area contributed by atoms with Gasteiger partial charge in [0.2, 0.25) is 5.89 Å². The normalized spacial score (nSPS) is 22.8. The molecule has 0 aliphatic carbocycles. The Morgan fingerprint density at radius 3 is 3.05 bits per heavy atom. The number of aromatic nitrogens is 2. The maximum absolute atomic E-state index is 6.18. The van der Waals surface area contributed by atoms with Gasteiger partial charge in [-0.15, -0.1) is 0 Å². The zero-order chi connectivity index (χ0) is 13.3. The van der Waals surface area contributed by atoms with E-state index in [1.807, 2.05) is 24.3 Å². The van der Waals surface area contributed by atoms with Crippen LogP contribution in [0.1, 0.15) is 23.7 Å². The molecular formula is C13H14BrN3O2. The highest BCUT2D eigenvalue weighted by molar-refractivity contribution is 9.10. The molecule has 1 fully saturated rings. The van der Waals surface area contributed by atoms with E-state index in [0.717, 1.165) is 10.0 Å². The summed E-state index contributed by atoms with van der Waals surface area (Å²) in [7, 11) is 0. The van der Waals surface area contributed by atoms with Crippen LogP contribution in [0.2, 0.25) is 0 Å². The first kappa shape index (κ1) is 12.8. The highest BCUT2D eigenvalue weighted by Gasteiger charge is 2.38. The molecule has 3 rings (SSSR count). The van der Waals surface area contributed by atoms with Gasteiger partial charge in [0, 0.05) is 17.5 Å². The first-order chi connectivity index (χ1) is 9.16. The molecule has 0 saturated carbocycles. The second kappa shape index (κ2) is 5.03. The SMILES string of the molecule is NC1(c2nc(Cc3cccc(Br)c3)no2)CCOC1. The van der Waals surface area contributed by atoms with E-state index in [4.69, 9.17) is 15.0 Å². The lowest BCUT2D eigenvalue weighted by Gasteiger charge is -2.14. The monoisotopic (exact) mass is 323 g/mol. The van der Waals surface area contributed by atoms with Crippen LogP contribution in [0.15, 0.2) is 33.3 Å². The first-order valence-electron chi connectivity index (χ1n) is 6.10. The lowest BCUT2D eigenvalue weighted by atomic mass is 10.0. The van der Waals surface area contributed by atoms with Crippen molar-refractivity contribution < 1.29 is 9.26 Å². The largest absolute Gasteiger partial charge is 0.379 e. The molecule has 2 N–H and O–H groups in total. The molecule has 1 aromatic heterocycles. The Bertz CT molecular complexity index is 579. The molecule has 2 aromatic rings. The smallest absolute Gasteiger partial charge is 0.249 e. The van der Waals surface area contributed by atoms with Crippen LogP contribution in [0.25, 0.3) is 0 Å². The molecule has 2 heterocycles. The van der Waals surface area contributed by atoms with E-state index in [2.05, 4.69) is 26.1 Å². The van der Waals surface area contributed by atoms with Crippen LogP contribution < -0.4 is 5.73 Å². The summed E-state index contributed by atoms with van der Waals surface area (Å²) in [4.78, 5) is 4.39. The van der Waals surface area contributed by atoms with Crippen LogP contribution in [0, 0.1) is 0 Å². The van der Waals surface area contributed by atoms with Crippen LogP contribution in [0.4, 0.5) is 0 Å². The third kappa shape index (κ3) is 2.70. The molecule has 1 aromatic carbocycles. The summed E-state index contributed by atoms with van der Waals surface area (Å²) in [5, 5.41) is 3.99. The molecule has 6 heteroatoms. The first-order valence-corrected chi connectivity index (χ1v) is 6.89. The molecule has 0 spiro atoms. The van der Waals surface area contributed by atoms with Gasteiger partial charge >= 0.3 is 0 Å². The standard InChI is InChI=1S/C13H14BrN3O2/c14-10-3-1-2-9(6-10)7-11-16-12(19-17-11)13(15)4-5-18-8-13/h1-3,6H,4-5,7-8,15H2. The molecule has 1 aliphatic rings. The molecule has 1 unspecified atom stereocenters. The van der Waals surface area contributed by atoms with Crippen molar-refractivity contribution in [1.29, 1.82) is 0 Å². The number of rotatable bonds is 3. The number of halogens is 1. The zero-order valence-electron chi connectivity index (χ0n) is 10.3. The van der Waals surface area contributed by atoms with Crippen LogP contribution in [0.5, 0.6) is 0 Å². The van der Waals surface area contributed by atoms with E-state index < -0.39 is 5.54 Å². The van der Waals surface area contributed by atoms with Gasteiger partial charge < -0.3 is 15.0 Å². The summed E-state index contributed by atoms with van der Waals surface area (Å²) in [6, 6.07) is 8.02. The van der Waals surface area contributed by atoms with Crippen molar-refractivity contribution in [2.75, 3.05) is 13.2 Å². The van der Waals surface area contributed by atoms with E-state index in [0.29, 0.717) is 37.8 Å². The van der Waals surface area contributed by atoms with Gasteiger partial charge in [0.05, 0.1) is 6.61 Å². The molecule has 1 atom stereocenters. The van der Waals surface area contributed by atoms with Gasteiger partial charge in [0.25, 0.3) is 0 Å². The molecular weight excluding hydrogens is 310 g/mol. The molecule has 19 heavy (non-hydrogen) atoms. The van der Waals surface area contributed by atoms with Gasteiger partial charge in [-0.05, 0) is 24.1 Å². The lowest BCUT2D eigenvalue weighted by molar-refractivity contribution is 0.166. The van der Waals surface area contributed by atoms with Crippen molar-refractivity contribution in [2.24, 2.45) is 5.73 Å². The Hall–Kier alpha value is -1.24. The van der Waals surface area contributed by atoms with Gasteiger partial charge in [-0.1, -0.05) is 33.2 Å². The van der Waals surface area contributed by atoms with E-state index in [9.17, 15) is 0 Å². The Morgan fingerprint density at radius 1 is 1.42 bits per heavy atom. The summed E-state index contributed by atoms with van der Waals surface area (Å²) in [6.45, 7) is 1.07. The number of nitrogens with zero attached hydrogens (tertiary/aromatic N) is 2. The van der Waals surface area contributed by atoms with Crippen molar-refractivity contribution in [3.05, 3.63) is 46.0 Å². The van der Waals surface area contributed by atoms with Crippen molar-refractivity contribution in [3.63, 3.8) is 0 Å². The van der Waals surface area contributed by atoms with Gasteiger partial charge in [0.15, 0.2) is 5.82 Å². The summed E-state index contributed by atoms with van der Waals surface area (Å²) in [6.07, 6.45) is 1.34. The third-order valence-corrected chi connectivity index (χ3v) is 3.69. The topological polar surface area (TPSA) is 74.2 Å². The van der Waals surface area contributed by atoms with Crippen LogP contribution >= 0.6 is 15.9 Å². The van der Waals surface area contributed by atoms with E-state index in [-0.39, 0.29) is 0 Å². The third-order valence-electron chi connectivity index (χ3n) is 3.20. The van der Waals surface area contributed by atoms with E-state index in [1.165, 1.54) is 0 Å². The van der Waals surface area contributed by atoms with Gasteiger partial charge in [-0.2, -0.15) is 4.98 Å². The molecule has 100 valence electrons. The highest BCUT2D eigenvalue weighted by Crippen LogP contribution is 2.26. The van der Waals surface area contributed by atoms with Gasteiger partial charge in [-0.3, -0.25) is 0 Å². The zero-order valence-corrected chi connectivity index (χ0v) is 11.9. The fraction of sp³-hybridized carbons (Fsp3) is 0.385. The Labute approximate surface area is 119 Å². The van der Waals surface area contributed by atoms with Gasteiger partial charge in [-0.25, -0.2) is 0 Å². The molecule has 0 amide bonds. The quantitative estimate of drug-likeness (QED) is 0.935. The minimum Gasteiger partial charge on any atom is -0.379 e. The number of hydrogen-bond donors (Lipinski definition) is 1. The van der Waals surface area contributed by atoms with Crippen molar-refractivity contribution in [2.45, 2.75) is 18.4 Å². The van der Waals surface area contributed by atoms with Crippen LogP contribution in [-0.4, -0.2) is 23.4 Å². The lowest BCUT2D eigenvalue weighted by Crippen LogP contribution is -2.37. The summed E-state index contributed by atoms with van der Waals surface area (Å²) in [5.74, 6) is 1.11. The Balaban J connectivity index is 1.78. The fourth-order valence-electron chi connectivity index (χ4n) is 2.11. The predicted molar refractivity (Wildman–Crippen MR) is 72.5 cm³/mol. The van der Waals surface area contributed by atoms with Crippen molar-refractivity contribution >= 4 is 15.9 Å². The summed E-state index contributed by atoms with van der Waals surface area (Å²) < 4.78 is 11.6. The minimum atomic E-state index is -0.622. The molecule has 1 aliphatic heterocycles. The number of ether oxygens (including phenoxy) is 1. The van der Waals surface area contributed by atoms with E-state index in [1.54, 1.807) is 0 Å². The predicted octanol–water partition coefficient (Wildman–Crippen LogP) is 2.00.